The van der Waals surface area contributed by atoms with Crippen molar-refractivity contribution in [2.45, 2.75) is 33.1 Å². The molecule has 3 heterocycles. The molecule has 0 atom stereocenters. The standard InChI is InChI=1S/C19H21N3O4/c1-11-16(18(25)21-8-4-3-5-9-21)19-22(20-11)17(12(2)26-19)14-7-6-13(23)10-15(14)24/h6-7,10,23-24H,3-5,8-9H2,1-2H3. The Morgan fingerprint density at radius 1 is 1.15 bits per heavy atom. The molecule has 0 unspecified atom stereocenters. The van der Waals surface area contributed by atoms with Gasteiger partial charge in [0, 0.05) is 24.7 Å². The molecule has 1 amide bonds. The van der Waals surface area contributed by atoms with Crippen molar-refractivity contribution in [3.63, 3.8) is 0 Å². The normalized spacial score (nSPS) is 14.9. The Balaban J connectivity index is 1.85. The van der Waals surface area contributed by atoms with E-state index in [9.17, 15) is 15.0 Å². The Kier molecular flexibility index (Phi) is 3.86. The van der Waals surface area contributed by atoms with Crippen LogP contribution >= 0.6 is 0 Å². The van der Waals surface area contributed by atoms with Crippen LogP contribution in [0.2, 0.25) is 0 Å². The van der Waals surface area contributed by atoms with Crippen molar-refractivity contribution in [2.24, 2.45) is 0 Å². The number of fused-ring (bicyclic) bond motifs is 1. The van der Waals surface area contributed by atoms with Crippen LogP contribution in [-0.4, -0.2) is 43.7 Å². The van der Waals surface area contributed by atoms with E-state index in [0.29, 0.717) is 34.0 Å². The fraction of sp³-hybridized carbons (Fsp3) is 0.368. The number of aryl methyl sites for hydroxylation is 2. The molecule has 1 aliphatic rings. The Morgan fingerprint density at radius 2 is 1.88 bits per heavy atom. The minimum absolute atomic E-state index is 0.0266. The Morgan fingerprint density at radius 3 is 2.58 bits per heavy atom. The molecule has 2 aromatic heterocycles. The van der Waals surface area contributed by atoms with Gasteiger partial charge < -0.3 is 19.5 Å². The van der Waals surface area contributed by atoms with E-state index < -0.39 is 0 Å². The molecule has 0 bridgehead atoms. The Hall–Kier alpha value is -2.96. The number of nitrogens with zero attached hydrogens (tertiary/aromatic N) is 3. The topological polar surface area (TPSA) is 91.2 Å². The van der Waals surface area contributed by atoms with E-state index in [2.05, 4.69) is 5.10 Å². The molecule has 0 saturated carbocycles. The lowest BCUT2D eigenvalue weighted by Crippen LogP contribution is -2.35. The third-order valence-corrected chi connectivity index (χ3v) is 4.91. The van der Waals surface area contributed by atoms with Gasteiger partial charge in [-0.1, -0.05) is 0 Å². The SMILES string of the molecule is Cc1nn2c(-c3ccc(O)cc3O)c(C)oc2c1C(=O)N1CCCCC1. The highest BCUT2D eigenvalue weighted by molar-refractivity contribution is 6.01. The molecular weight excluding hydrogens is 334 g/mol. The Labute approximate surface area is 150 Å². The van der Waals surface area contributed by atoms with Crippen LogP contribution in [0.1, 0.15) is 41.1 Å². The lowest BCUT2D eigenvalue weighted by molar-refractivity contribution is 0.0724. The second-order valence-corrected chi connectivity index (χ2v) is 6.74. The summed E-state index contributed by atoms with van der Waals surface area (Å²) in [6.45, 7) is 5.05. The van der Waals surface area contributed by atoms with Gasteiger partial charge in [0.1, 0.15) is 28.5 Å². The van der Waals surface area contributed by atoms with Gasteiger partial charge >= 0.3 is 0 Å². The highest BCUT2D eigenvalue weighted by Gasteiger charge is 2.29. The molecule has 136 valence electrons. The molecule has 0 spiro atoms. The summed E-state index contributed by atoms with van der Waals surface area (Å²) < 4.78 is 7.45. The highest BCUT2D eigenvalue weighted by atomic mass is 16.4. The first-order valence-electron chi connectivity index (χ1n) is 8.77. The summed E-state index contributed by atoms with van der Waals surface area (Å²) >= 11 is 0. The van der Waals surface area contributed by atoms with E-state index >= 15 is 0 Å². The molecule has 1 fully saturated rings. The summed E-state index contributed by atoms with van der Waals surface area (Å²) in [6, 6.07) is 4.36. The van der Waals surface area contributed by atoms with Crippen LogP contribution in [0, 0.1) is 13.8 Å². The van der Waals surface area contributed by atoms with Crippen molar-refractivity contribution in [2.75, 3.05) is 13.1 Å². The minimum atomic E-state index is -0.0761. The van der Waals surface area contributed by atoms with Crippen LogP contribution in [-0.2, 0) is 0 Å². The molecule has 3 aromatic rings. The average Bonchev–Trinajstić information content (AvgIpc) is 3.08. The first-order chi connectivity index (χ1) is 12.5. The number of carbonyl (C=O) groups is 1. The number of rotatable bonds is 2. The first-order valence-corrected chi connectivity index (χ1v) is 8.77. The molecule has 7 nitrogen and oxygen atoms in total. The van der Waals surface area contributed by atoms with Crippen molar-refractivity contribution in [1.29, 1.82) is 0 Å². The quantitative estimate of drug-likeness (QED) is 0.736. The molecule has 1 aromatic carbocycles. The maximum Gasteiger partial charge on any atom is 0.261 e. The number of amides is 1. The number of phenolic OH excluding ortho intramolecular Hbond substituents is 2. The number of piperidine rings is 1. The number of carbonyl (C=O) groups excluding carboxylic acids is 1. The predicted octanol–water partition coefficient (Wildman–Crippen LogP) is 3.25. The van der Waals surface area contributed by atoms with E-state index in [1.165, 1.54) is 12.1 Å². The van der Waals surface area contributed by atoms with E-state index in [1.807, 2.05) is 4.90 Å². The van der Waals surface area contributed by atoms with Crippen molar-refractivity contribution >= 4 is 11.6 Å². The zero-order valence-corrected chi connectivity index (χ0v) is 14.8. The monoisotopic (exact) mass is 355 g/mol. The second-order valence-electron chi connectivity index (χ2n) is 6.74. The molecule has 0 aliphatic carbocycles. The van der Waals surface area contributed by atoms with Gasteiger partial charge in [-0.05, 0) is 45.2 Å². The zero-order valence-electron chi connectivity index (χ0n) is 14.8. The maximum absolute atomic E-state index is 13.0. The summed E-state index contributed by atoms with van der Waals surface area (Å²) in [6.07, 6.45) is 3.17. The van der Waals surface area contributed by atoms with Crippen LogP contribution < -0.4 is 0 Å². The third kappa shape index (κ3) is 2.51. The van der Waals surface area contributed by atoms with Gasteiger partial charge in [0.15, 0.2) is 0 Å². The van der Waals surface area contributed by atoms with Gasteiger partial charge in [0.05, 0.1) is 5.69 Å². The van der Waals surface area contributed by atoms with Gasteiger partial charge in [0.2, 0.25) is 5.71 Å². The number of oxazole rings is 1. The van der Waals surface area contributed by atoms with Gasteiger partial charge in [-0.25, -0.2) is 0 Å². The van der Waals surface area contributed by atoms with Gasteiger partial charge in [-0.15, -0.1) is 0 Å². The van der Waals surface area contributed by atoms with E-state index in [-0.39, 0.29) is 17.4 Å². The largest absolute Gasteiger partial charge is 0.508 e. The van der Waals surface area contributed by atoms with E-state index in [0.717, 1.165) is 32.4 Å². The number of hydrogen-bond donors (Lipinski definition) is 2. The van der Waals surface area contributed by atoms with Crippen LogP contribution in [0.25, 0.3) is 17.0 Å². The Bertz CT molecular complexity index is 996. The molecule has 0 radical (unpaired) electrons. The molecule has 1 aliphatic heterocycles. The first kappa shape index (κ1) is 16.5. The molecule has 26 heavy (non-hydrogen) atoms. The number of aromatic nitrogens is 2. The van der Waals surface area contributed by atoms with Crippen molar-refractivity contribution in [1.82, 2.24) is 14.5 Å². The molecule has 7 heteroatoms. The number of benzene rings is 1. The van der Waals surface area contributed by atoms with Crippen molar-refractivity contribution in [3.8, 4) is 22.8 Å². The molecule has 4 rings (SSSR count). The van der Waals surface area contributed by atoms with E-state index in [4.69, 9.17) is 4.42 Å². The lowest BCUT2D eigenvalue weighted by atomic mass is 10.1. The number of hydrogen-bond acceptors (Lipinski definition) is 5. The van der Waals surface area contributed by atoms with Crippen LogP contribution in [0.4, 0.5) is 0 Å². The maximum atomic E-state index is 13.0. The predicted molar refractivity (Wildman–Crippen MR) is 95.5 cm³/mol. The number of aromatic hydroxyl groups is 2. The molecule has 2 N–H and O–H groups in total. The zero-order chi connectivity index (χ0) is 18.4. The summed E-state index contributed by atoms with van der Waals surface area (Å²) in [7, 11) is 0. The fourth-order valence-corrected chi connectivity index (χ4v) is 3.62. The van der Waals surface area contributed by atoms with Crippen LogP contribution in [0.3, 0.4) is 0 Å². The van der Waals surface area contributed by atoms with Gasteiger partial charge in [0.25, 0.3) is 5.91 Å². The van der Waals surface area contributed by atoms with Gasteiger partial charge in [-0.2, -0.15) is 9.61 Å². The van der Waals surface area contributed by atoms with Gasteiger partial charge in [-0.3, -0.25) is 4.79 Å². The number of phenols is 2. The smallest absolute Gasteiger partial charge is 0.261 e. The minimum Gasteiger partial charge on any atom is -0.508 e. The van der Waals surface area contributed by atoms with Crippen molar-refractivity contribution in [3.05, 3.63) is 35.2 Å². The summed E-state index contributed by atoms with van der Waals surface area (Å²) in [5.74, 6) is 0.378. The average molecular weight is 355 g/mol. The molecule has 1 saturated heterocycles. The summed E-state index contributed by atoms with van der Waals surface area (Å²) in [5.41, 5.74) is 2.51. The van der Waals surface area contributed by atoms with Crippen LogP contribution in [0.5, 0.6) is 11.5 Å². The third-order valence-electron chi connectivity index (χ3n) is 4.91. The fourth-order valence-electron chi connectivity index (χ4n) is 3.62. The molecular formula is C19H21N3O4. The van der Waals surface area contributed by atoms with E-state index in [1.54, 1.807) is 24.4 Å². The number of likely N-dealkylation sites (tertiary alicyclic amines) is 1. The summed E-state index contributed by atoms with van der Waals surface area (Å²) in [5, 5.41) is 24.2. The second kappa shape index (κ2) is 6.09. The van der Waals surface area contributed by atoms with Crippen LogP contribution in [0.15, 0.2) is 22.6 Å². The summed E-state index contributed by atoms with van der Waals surface area (Å²) in [4.78, 5) is 14.8. The highest BCUT2D eigenvalue weighted by Crippen LogP contribution is 2.36. The lowest BCUT2D eigenvalue weighted by Gasteiger charge is -2.26. The van der Waals surface area contributed by atoms with Crippen molar-refractivity contribution < 1.29 is 19.4 Å².